The fourth-order valence-corrected chi connectivity index (χ4v) is 2.62. The van der Waals surface area contributed by atoms with Crippen molar-refractivity contribution in [2.24, 2.45) is 11.8 Å². The van der Waals surface area contributed by atoms with Gasteiger partial charge in [-0.2, -0.15) is 0 Å². The highest BCUT2D eigenvalue weighted by Crippen LogP contribution is 2.41. The summed E-state index contributed by atoms with van der Waals surface area (Å²) in [7, 11) is 0. The number of alkyl halides is 2. The molecule has 1 aromatic heterocycles. The van der Waals surface area contributed by atoms with Crippen LogP contribution in [0, 0.1) is 11.8 Å². The van der Waals surface area contributed by atoms with E-state index in [0.717, 1.165) is 0 Å². The van der Waals surface area contributed by atoms with Crippen LogP contribution in [0.15, 0.2) is 12.4 Å². The van der Waals surface area contributed by atoms with E-state index in [0.29, 0.717) is 0 Å². The Morgan fingerprint density at radius 1 is 1.30 bits per heavy atom. The second-order valence-electron chi connectivity index (χ2n) is 5.09. The molecule has 2 bridgehead atoms. The van der Waals surface area contributed by atoms with Crippen LogP contribution in [0.1, 0.15) is 10.4 Å². The number of carboxylic acids is 1. The zero-order valence-electron chi connectivity index (χ0n) is 10.5. The quantitative estimate of drug-likeness (QED) is 0.870. The summed E-state index contributed by atoms with van der Waals surface area (Å²) in [4.78, 5) is 20.3. The number of aromatic nitrogens is 2. The number of rotatable bonds is 2. The fraction of sp³-hybridized carbons (Fsp3) is 0.583. The standard InChI is InChI=1S/C12H13F2N3O3/c13-12(14)8-3-17(4-9(12)6-20-5-8)11-15-1-7(2-16-11)10(18)19/h1-2,8-9H,3-6H2,(H,18,19). The summed E-state index contributed by atoms with van der Waals surface area (Å²) in [6, 6.07) is 0. The van der Waals surface area contributed by atoms with Gasteiger partial charge >= 0.3 is 5.97 Å². The first-order valence-corrected chi connectivity index (χ1v) is 6.24. The lowest BCUT2D eigenvalue weighted by Crippen LogP contribution is -2.59. The van der Waals surface area contributed by atoms with E-state index >= 15 is 0 Å². The van der Waals surface area contributed by atoms with E-state index in [2.05, 4.69) is 9.97 Å². The van der Waals surface area contributed by atoms with Crippen molar-refractivity contribution in [3.63, 3.8) is 0 Å². The minimum atomic E-state index is -2.73. The maximum atomic E-state index is 13.9. The molecule has 2 unspecified atom stereocenters. The Kier molecular flexibility index (Phi) is 3.04. The molecule has 20 heavy (non-hydrogen) atoms. The molecule has 6 nitrogen and oxygen atoms in total. The fourth-order valence-electron chi connectivity index (χ4n) is 2.62. The second-order valence-corrected chi connectivity index (χ2v) is 5.09. The van der Waals surface area contributed by atoms with Crippen molar-refractivity contribution in [2.45, 2.75) is 5.92 Å². The lowest BCUT2D eigenvalue weighted by atomic mass is 9.84. The molecular formula is C12H13F2N3O3. The van der Waals surface area contributed by atoms with Crippen LogP contribution in [-0.2, 0) is 4.74 Å². The molecule has 2 aliphatic rings. The van der Waals surface area contributed by atoms with E-state index < -0.39 is 23.7 Å². The van der Waals surface area contributed by atoms with Crippen LogP contribution in [0.25, 0.3) is 0 Å². The smallest absolute Gasteiger partial charge is 0.338 e. The zero-order valence-corrected chi connectivity index (χ0v) is 10.5. The van der Waals surface area contributed by atoms with E-state index in [1.807, 2.05) is 0 Å². The lowest BCUT2D eigenvalue weighted by molar-refractivity contribution is -0.190. The maximum Gasteiger partial charge on any atom is 0.338 e. The lowest BCUT2D eigenvalue weighted by Gasteiger charge is -2.46. The number of hydrogen-bond acceptors (Lipinski definition) is 5. The van der Waals surface area contributed by atoms with Crippen molar-refractivity contribution in [2.75, 3.05) is 31.2 Å². The number of aromatic carboxylic acids is 1. The number of anilines is 1. The summed E-state index contributed by atoms with van der Waals surface area (Å²) in [6.07, 6.45) is 2.37. The van der Waals surface area contributed by atoms with Gasteiger partial charge < -0.3 is 14.7 Å². The van der Waals surface area contributed by atoms with Crippen LogP contribution in [0.4, 0.5) is 14.7 Å². The number of fused-ring (bicyclic) bond motifs is 2. The Balaban J connectivity index is 1.80. The average Bonchev–Trinajstić information content (AvgIpc) is 2.37. The highest BCUT2D eigenvalue weighted by Gasteiger charge is 2.54. The van der Waals surface area contributed by atoms with Gasteiger partial charge in [-0.3, -0.25) is 0 Å². The van der Waals surface area contributed by atoms with E-state index in [9.17, 15) is 13.6 Å². The molecule has 2 fully saturated rings. The van der Waals surface area contributed by atoms with Crippen molar-refractivity contribution in [3.8, 4) is 0 Å². The van der Waals surface area contributed by atoms with Gasteiger partial charge in [-0.05, 0) is 0 Å². The monoisotopic (exact) mass is 285 g/mol. The highest BCUT2D eigenvalue weighted by molar-refractivity contribution is 5.86. The van der Waals surface area contributed by atoms with E-state index in [1.54, 1.807) is 4.90 Å². The van der Waals surface area contributed by atoms with Gasteiger partial charge in [-0.1, -0.05) is 0 Å². The molecule has 2 saturated heterocycles. The highest BCUT2D eigenvalue weighted by atomic mass is 19.3. The molecule has 1 aromatic rings. The molecule has 2 atom stereocenters. The first kappa shape index (κ1) is 13.2. The van der Waals surface area contributed by atoms with Gasteiger partial charge in [-0.25, -0.2) is 23.5 Å². The van der Waals surface area contributed by atoms with E-state index in [1.165, 1.54) is 12.4 Å². The summed E-state index contributed by atoms with van der Waals surface area (Å²) in [6.45, 7) is 0.256. The summed E-state index contributed by atoms with van der Waals surface area (Å²) in [5.74, 6) is -5.32. The molecule has 108 valence electrons. The Morgan fingerprint density at radius 3 is 2.35 bits per heavy atom. The minimum absolute atomic E-state index is 0.0210. The van der Waals surface area contributed by atoms with Crippen molar-refractivity contribution < 1.29 is 23.4 Å². The van der Waals surface area contributed by atoms with Gasteiger partial charge in [-0.15, -0.1) is 0 Å². The third-order valence-corrected chi connectivity index (χ3v) is 3.78. The van der Waals surface area contributed by atoms with E-state index in [4.69, 9.17) is 9.84 Å². The van der Waals surface area contributed by atoms with E-state index in [-0.39, 0.29) is 37.8 Å². The number of piperidine rings is 1. The topological polar surface area (TPSA) is 75.5 Å². The Bertz CT molecular complexity index is 507. The molecular weight excluding hydrogens is 272 g/mol. The van der Waals surface area contributed by atoms with Gasteiger partial charge in [0.25, 0.3) is 5.92 Å². The van der Waals surface area contributed by atoms with Crippen molar-refractivity contribution >= 4 is 11.9 Å². The predicted molar refractivity (Wildman–Crippen MR) is 64.0 cm³/mol. The number of halogens is 2. The molecule has 3 heterocycles. The van der Waals surface area contributed by atoms with Gasteiger partial charge in [0.15, 0.2) is 0 Å². The minimum Gasteiger partial charge on any atom is -0.478 e. The van der Waals surface area contributed by atoms with Crippen LogP contribution >= 0.6 is 0 Å². The van der Waals surface area contributed by atoms with Gasteiger partial charge in [0.2, 0.25) is 5.95 Å². The Morgan fingerprint density at radius 2 is 1.85 bits per heavy atom. The number of carboxylic acid groups (broad SMARTS) is 1. The summed E-state index contributed by atoms with van der Waals surface area (Å²) >= 11 is 0. The summed E-state index contributed by atoms with van der Waals surface area (Å²) < 4.78 is 33.1. The van der Waals surface area contributed by atoms with Gasteiger partial charge in [0.1, 0.15) is 0 Å². The van der Waals surface area contributed by atoms with Crippen LogP contribution in [0.3, 0.4) is 0 Å². The third-order valence-electron chi connectivity index (χ3n) is 3.78. The van der Waals surface area contributed by atoms with Crippen molar-refractivity contribution in [3.05, 3.63) is 18.0 Å². The van der Waals surface area contributed by atoms with Crippen LogP contribution in [-0.4, -0.2) is 53.3 Å². The molecule has 0 spiro atoms. The number of carbonyl (C=O) groups is 1. The van der Waals surface area contributed by atoms with Crippen molar-refractivity contribution in [1.29, 1.82) is 0 Å². The molecule has 1 N–H and O–H groups in total. The van der Waals surface area contributed by atoms with Gasteiger partial charge in [0, 0.05) is 25.5 Å². The zero-order chi connectivity index (χ0) is 14.3. The SMILES string of the molecule is O=C(O)c1cnc(N2CC3COCC(C2)C3(F)F)nc1. The number of nitrogens with zero attached hydrogens (tertiary/aromatic N) is 3. The molecule has 0 radical (unpaired) electrons. The number of ether oxygens (including phenoxy) is 1. The third kappa shape index (κ3) is 2.09. The molecule has 8 heteroatoms. The van der Waals surface area contributed by atoms with Crippen molar-refractivity contribution in [1.82, 2.24) is 9.97 Å². The number of hydrogen-bond donors (Lipinski definition) is 1. The predicted octanol–water partition coefficient (Wildman–Crippen LogP) is 0.893. The first-order valence-electron chi connectivity index (χ1n) is 6.24. The van der Waals surface area contributed by atoms with Crippen LogP contribution in [0.5, 0.6) is 0 Å². The molecule has 0 aliphatic carbocycles. The molecule has 2 aliphatic heterocycles. The molecule has 0 aromatic carbocycles. The normalized spacial score (nSPS) is 28.2. The largest absolute Gasteiger partial charge is 0.478 e. The summed E-state index contributed by atoms with van der Waals surface area (Å²) in [5.41, 5.74) is -0.0281. The Labute approximate surface area is 113 Å². The first-order chi connectivity index (χ1) is 9.48. The van der Waals surface area contributed by atoms with Crippen LogP contribution < -0.4 is 4.90 Å². The van der Waals surface area contributed by atoms with Crippen LogP contribution in [0.2, 0.25) is 0 Å². The van der Waals surface area contributed by atoms with Gasteiger partial charge in [0.05, 0.1) is 30.6 Å². The average molecular weight is 285 g/mol. The Hall–Kier alpha value is -1.83. The molecule has 0 amide bonds. The molecule has 0 saturated carbocycles. The summed E-state index contributed by atoms with van der Waals surface area (Å²) in [5, 5.41) is 8.78. The maximum absolute atomic E-state index is 13.9. The second kappa shape index (κ2) is 4.62. The molecule has 3 rings (SSSR count).